The fourth-order valence-corrected chi connectivity index (χ4v) is 2.78. The Morgan fingerprint density at radius 3 is 3.00 bits per heavy atom. The van der Waals surface area contributed by atoms with Crippen LogP contribution in [0, 0.1) is 11.3 Å². The van der Waals surface area contributed by atoms with Crippen molar-refractivity contribution in [2.24, 2.45) is 0 Å². The van der Waals surface area contributed by atoms with Crippen LogP contribution in [-0.2, 0) is 0 Å². The van der Waals surface area contributed by atoms with E-state index in [9.17, 15) is 5.26 Å². The van der Waals surface area contributed by atoms with Crippen molar-refractivity contribution in [2.45, 2.75) is 12.5 Å². The lowest BCUT2D eigenvalue weighted by Gasteiger charge is -2.21. The highest BCUT2D eigenvalue weighted by Gasteiger charge is 2.26. The van der Waals surface area contributed by atoms with E-state index in [2.05, 4.69) is 20.9 Å². The summed E-state index contributed by atoms with van der Waals surface area (Å²) in [5.74, 6) is 1.62. The fourth-order valence-electron chi connectivity index (χ4n) is 2.78. The number of pyridine rings is 2. The molecule has 6 nitrogen and oxygen atoms in total. The Balaban J connectivity index is 1.73. The lowest BCUT2D eigenvalue weighted by molar-refractivity contribution is 0.225. The lowest BCUT2D eigenvalue weighted by Crippen LogP contribution is -2.26. The maximum atomic E-state index is 9.22. The zero-order valence-corrected chi connectivity index (χ0v) is 13.3. The molecule has 1 saturated heterocycles. The minimum atomic E-state index is 0.0811. The molecule has 0 N–H and O–H groups in total. The van der Waals surface area contributed by atoms with Crippen molar-refractivity contribution in [3.05, 3.63) is 42.4 Å². The Bertz CT molecular complexity index is 725. The second-order valence-corrected chi connectivity index (χ2v) is 5.70. The number of nitriles is 1. The van der Waals surface area contributed by atoms with Gasteiger partial charge < -0.3 is 14.5 Å². The van der Waals surface area contributed by atoms with Crippen LogP contribution in [0.25, 0.3) is 0 Å². The molecule has 2 aromatic heterocycles. The van der Waals surface area contributed by atoms with Gasteiger partial charge in [-0.1, -0.05) is 0 Å². The second-order valence-electron chi connectivity index (χ2n) is 5.70. The first-order valence-electron chi connectivity index (χ1n) is 7.57. The Labute approximate surface area is 136 Å². The van der Waals surface area contributed by atoms with E-state index < -0.39 is 0 Å². The fraction of sp³-hybridized carbons (Fsp3) is 0.353. The molecule has 0 amide bonds. The molecule has 3 heterocycles. The molecular weight excluding hydrogens is 290 g/mol. The van der Waals surface area contributed by atoms with Crippen molar-refractivity contribution in [1.29, 1.82) is 5.26 Å². The highest BCUT2D eigenvalue weighted by atomic mass is 16.5. The van der Waals surface area contributed by atoms with Crippen molar-refractivity contribution in [1.82, 2.24) is 9.97 Å². The van der Waals surface area contributed by atoms with Crippen LogP contribution >= 0.6 is 0 Å². The lowest BCUT2D eigenvalue weighted by atomic mass is 10.2. The summed E-state index contributed by atoms with van der Waals surface area (Å²) in [6, 6.07) is 7.91. The maximum absolute atomic E-state index is 9.22. The monoisotopic (exact) mass is 309 g/mol. The van der Waals surface area contributed by atoms with E-state index in [0.29, 0.717) is 5.56 Å². The highest BCUT2D eigenvalue weighted by Crippen LogP contribution is 2.29. The van der Waals surface area contributed by atoms with Gasteiger partial charge in [0, 0.05) is 45.7 Å². The van der Waals surface area contributed by atoms with Crippen LogP contribution in [0.15, 0.2) is 36.8 Å². The molecule has 118 valence electrons. The molecule has 1 fully saturated rings. The first-order valence-corrected chi connectivity index (χ1v) is 7.57. The molecule has 1 atom stereocenters. The molecule has 0 bridgehead atoms. The summed E-state index contributed by atoms with van der Waals surface area (Å²) >= 11 is 0. The van der Waals surface area contributed by atoms with E-state index in [1.165, 1.54) is 0 Å². The number of hydrogen-bond acceptors (Lipinski definition) is 6. The van der Waals surface area contributed by atoms with Gasteiger partial charge >= 0.3 is 0 Å². The summed E-state index contributed by atoms with van der Waals surface area (Å²) in [6.07, 6.45) is 6.08. The van der Waals surface area contributed by atoms with Gasteiger partial charge in [-0.2, -0.15) is 5.26 Å². The summed E-state index contributed by atoms with van der Waals surface area (Å²) < 4.78 is 6.15. The van der Waals surface area contributed by atoms with Crippen LogP contribution in [0.1, 0.15) is 12.0 Å². The third kappa shape index (κ3) is 3.19. The Kier molecular flexibility index (Phi) is 4.29. The van der Waals surface area contributed by atoms with Gasteiger partial charge in [-0.05, 0) is 18.2 Å². The zero-order chi connectivity index (χ0) is 16.2. The van der Waals surface area contributed by atoms with Crippen LogP contribution in [0.4, 0.5) is 11.5 Å². The smallest absolute Gasteiger partial charge is 0.170 e. The largest absolute Gasteiger partial charge is 0.485 e. The molecule has 23 heavy (non-hydrogen) atoms. The average Bonchev–Trinajstić information content (AvgIpc) is 3.03. The van der Waals surface area contributed by atoms with Crippen LogP contribution in [-0.4, -0.2) is 43.3 Å². The summed E-state index contributed by atoms with van der Waals surface area (Å²) in [6.45, 7) is 1.61. The molecule has 0 spiro atoms. The Morgan fingerprint density at radius 1 is 1.35 bits per heavy atom. The van der Waals surface area contributed by atoms with E-state index >= 15 is 0 Å². The van der Waals surface area contributed by atoms with Crippen molar-refractivity contribution in [3.63, 3.8) is 0 Å². The van der Waals surface area contributed by atoms with Crippen LogP contribution in [0.5, 0.6) is 5.75 Å². The summed E-state index contributed by atoms with van der Waals surface area (Å²) in [4.78, 5) is 12.5. The molecule has 0 aromatic carbocycles. The normalized spacial score (nSPS) is 16.9. The SMILES string of the molecule is CN(C)c1ncccc1OC1CCN(c2ccncc2C#N)C1. The van der Waals surface area contributed by atoms with Gasteiger partial charge in [0.05, 0.1) is 17.8 Å². The highest BCUT2D eigenvalue weighted by molar-refractivity contribution is 5.58. The molecule has 1 aliphatic rings. The molecule has 0 saturated carbocycles. The van der Waals surface area contributed by atoms with E-state index in [4.69, 9.17) is 4.74 Å². The van der Waals surface area contributed by atoms with Gasteiger partial charge in [0.1, 0.15) is 12.2 Å². The molecule has 0 aliphatic carbocycles. The Hall–Kier alpha value is -2.81. The number of rotatable bonds is 4. The van der Waals surface area contributed by atoms with Crippen molar-refractivity contribution >= 4 is 11.5 Å². The van der Waals surface area contributed by atoms with Crippen molar-refractivity contribution < 1.29 is 4.74 Å². The van der Waals surface area contributed by atoms with Gasteiger partial charge in [-0.15, -0.1) is 0 Å². The molecule has 2 aromatic rings. The van der Waals surface area contributed by atoms with Gasteiger partial charge in [0.2, 0.25) is 0 Å². The maximum Gasteiger partial charge on any atom is 0.170 e. The summed E-state index contributed by atoms with van der Waals surface area (Å²) in [5.41, 5.74) is 1.52. The van der Waals surface area contributed by atoms with Crippen LogP contribution in [0.3, 0.4) is 0 Å². The van der Waals surface area contributed by atoms with E-state index in [0.717, 1.165) is 36.8 Å². The second kappa shape index (κ2) is 6.53. The first kappa shape index (κ1) is 15.1. The predicted octanol–water partition coefficient (Wildman–Crippen LogP) is 2.07. The predicted molar refractivity (Wildman–Crippen MR) is 88.8 cm³/mol. The van der Waals surface area contributed by atoms with Gasteiger partial charge in [0.15, 0.2) is 11.6 Å². The molecule has 1 aliphatic heterocycles. The summed E-state index contributed by atoms with van der Waals surface area (Å²) in [7, 11) is 3.90. The topological polar surface area (TPSA) is 65.3 Å². The molecule has 0 radical (unpaired) electrons. The third-order valence-electron chi connectivity index (χ3n) is 3.87. The third-order valence-corrected chi connectivity index (χ3v) is 3.87. The number of ether oxygens (including phenoxy) is 1. The molecule has 1 unspecified atom stereocenters. The molecule has 6 heteroatoms. The standard InChI is InChI=1S/C17H19N5O/c1-21(2)17-16(4-3-7-20-17)23-14-6-9-22(12-14)15-5-8-19-11-13(15)10-18/h3-5,7-8,11,14H,6,9,12H2,1-2H3. The van der Waals surface area contributed by atoms with Crippen LogP contribution < -0.4 is 14.5 Å². The van der Waals surface area contributed by atoms with Gasteiger partial charge in [-0.3, -0.25) is 4.98 Å². The van der Waals surface area contributed by atoms with Crippen LogP contribution in [0.2, 0.25) is 0 Å². The molecular formula is C17H19N5O. The van der Waals surface area contributed by atoms with Crippen molar-refractivity contribution in [2.75, 3.05) is 37.0 Å². The van der Waals surface area contributed by atoms with E-state index in [1.807, 2.05) is 37.2 Å². The number of hydrogen-bond donors (Lipinski definition) is 0. The van der Waals surface area contributed by atoms with Gasteiger partial charge in [0.25, 0.3) is 0 Å². The van der Waals surface area contributed by atoms with Crippen molar-refractivity contribution in [3.8, 4) is 11.8 Å². The number of aromatic nitrogens is 2. The van der Waals surface area contributed by atoms with E-state index in [-0.39, 0.29) is 6.10 Å². The summed E-state index contributed by atoms with van der Waals surface area (Å²) in [5, 5.41) is 9.22. The quantitative estimate of drug-likeness (QED) is 0.861. The number of nitrogens with zero attached hydrogens (tertiary/aromatic N) is 5. The van der Waals surface area contributed by atoms with Gasteiger partial charge in [-0.25, -0.2) is 4.98 Å². The molecule has 3 rings (SSSR count). The minimum Gasteiger partial charge on any atom is -0.485 e. The average molecular weight is 309 g/mol. The number of anilines is 2. The Morgan fingerprint density at radius 2 is 2.22 bits per heavy atom. The zero-order valence-electron chi connectivity index (χ0n) is 13.3. The van der Waals surface area contributed by atoms with E-state index in [1.54, 1.807) is 18.6 Å². The minimum absolute atomic E-state index is 0.0811. The first-order chi connectivity index (χ1) is 11.2.